The van der Waals surface area contributed by atoms with Crippen molar-refractivity contribution in [2.45, 2.75) is 39.7 Å². The lowest BCUT2D eigenvalue weighted by Crippen LogP contribution is -2.52. The van der Waals surface area contributed by atoms with Crippen LogP contribution < -0.4 is 10.6 Å². The molecule has 0 spiro atoms. The van der Waals surface area contributed by atoms with Crippen molar-refractivity contribution in [2.75, 3.05) is 13.1 Å². The molecule has 1 unspecified atom stereocenters. The summed E-state index contributed by atoms with van der Waals surface area (Å²) in [5.74, 6) is -0.182. The molecule has 0 saturated carbocycles. The highest BCUT2D eigenvalue weighted by Gasteiger charge is 2.32. The lowest BCUT2D eigenvalue weighted by Gasteiger charge is -2.39. The van der Waals surface area contributed by atoms with Crippen LogP contribution in [0.15, 0.2) is 18.2 Å². The Balaban J connectivity index is 2.00. The summed E-state index contributed by atoms with van der Waals surface area (Å²) in [6.45, 7) is 7.93. The van der Waals surface area contributed by atoms with Crippen molar-refractivity contribution >= 4 is 5.91 Å². The van der Waals surface area contributed by atoms with Gasteiger partial charge in [0.25, 0.3) is 5.91 Å². The number of piperidine rings is 1. The standard InChI is InChI=1S/C16H24N2O2/c1-11-5-6-13(19)12(9-11)15(20)18-10-14-16(2,3)7-4-8-17-14/h5-6,9,14,17,19H,4,7-8,10H2,1-3H3,(H,18,20). The van der Waals surface area contributed by atoms with Gasteiger partial charge in [-0.25, -0.2) is 0 Å². The van der Waals surface area contributed by atoms with Gasteiger partial charge in [0, 0.05) is 12.6 Å². The van der Waals surface area contributed by atoms with Gasteiger partial charge in [-0.05, 0) is 43.9 Å². The van der Waals surface area contributed by atoms with Crippen LogP contribution >= 0.6 is 0 Å². The minimum absolute atomic E-state index is 0.0314. The van der Waals surface area contributed by atoms with Crippen molar-refractivity contribution in [1.29, 1.82) is 0 Å². The van der Waals surface area contributed by atoms with Gasteiger partial charge >= 0.3 is 0 Å². The van der Waals surface area contributed by atoms with Gasteiger partial charge in [0.1, 0.15) is 5.75 Å². The Morgan fingerprint density at radius 2 is 2.25 bits per heavy atom. The summed E-state index contributed by atoms with van der Waals surface area (Å²) in [5, 5.41) is 16.2. The monoisotopic (exact) mass is 276 g/mol. The quantitative estimate of drug-likeness (QED) is 0.793. The summed E-state index contributed by atoms with van der Waals surface area (Å²) in [7, 11) is 0. The zero-order chi connectivity index (χ0) is 14.8. The van der Waals surface area contributed by atoms with Crippen LogP contribution in [0.4, 0.5) is 0 Å². The van der Waals surface area contributed by atoms with E-state index in [9.17, 15) is 9.90 Å². The number of hydrogen-bond acceptors (Lipinski definition) is 3. The SMILES string of the molecule is Cc1ccc(O)c(C(=O)NCC2NCCCC2(C)C)c1. The molecule has 4 nitrogen and oxygen atoms in total. The second-order valence-electron chi connectivity index (χ2n) is 6.33. The van der Waals surface area contributed by atoms with Crippen LogP contribution in [0.1, 0.15) is 42.6 Å². The third-order valence-electron chi connectivity index (χ3n) is 4.20. The number of hydrogen-bond donors (Lipinski definition) is 3. The average molecular weight is 276 g/mol. The van der Waals surface area contributed by atoms with Crippen LogP contribution in [-0.2, 0) is 0 Å². The lowest BCUT2D eigenvalue weighted by atomic mass is 9.77. The number of amides is 1. The van der Waals surface area contributed by atoms with E-state index in [-0.39, 0.29) is 23.1 Å². The zero-order valence-electron chi connectivity index (χ0n) is 12.5. The highest BCUT2D eigenvalue weighted by atomic mass is 16.3. The summed E-state index contributed by atoms with van der Waals surface area (Å²) < 4.78 is 0. The fourth-order valence-corrected chi connectivity index (χ4v) is 2.74. The Bertz CT molecular complexity index is 497. The summed E-state index contributed by atoms with van der Waals surface area (Å²) in [6.07, 6.45) is 2.34. The summed E-state index contributed by atoms with van der Waals surface area (Å²) in [4.78, 5) is 12.2. The van der Waals surface area contributed by atoms with Gasteiger partial charge in [-0.15, -0.1) is 0 Å². The Kier molecular flexibility index (Phi) is 4.33. The summed E-state index contributed by atoms with van der Waals surface area (Å²) >= 11 is 0. The molecular formula is C16H24N2O2. The van der Waals surface area contributed by atoms with E-state index in [1.165, 1.54) is 6.42 Å². The number of phenols is 1. The molecule has 4 heteroatoms. The molecule has 1 fully saturated rings. The van der Waals surface area contributed by atoms with E-state index in [0.717, 1.165) is 18.5 Å². The maximum Gasteiger partial charge on any atom is 0.255 e. The van der Waals surface area contributed by atoms with E-state index in [1.54, 1.807) is 18.2 Å². The van der Waals surface area contributed by atoms with Crippen molar-refractivity contribution in [3.63, 3.8) is 0 Å². The molecule has 2 rings (SSSR count). The average Bonchev–Trinajstić information content (AvgIpc) is 2.39. The topological polar surface area (TPSA) is 61.4 Å². The minimum Gasteiger partial charge on any atom is -0.507 e. The largest absolute Gasteiger partial charge is 0.507 e. The molecule has 3 N–H and O–H groups in total. The second kappa shape index (κ2) is 5.83. The van der Waals surface area contributed by atoms with Crippen molar-refractivity contribution in [3.05, 3.63) is 29.3 Å². The molecule has 1 aliphatic rings. The third-order valence-corrected chi connectivity index (χ3v) is 4.20. The fraction of sp³-hybridized carbons (Fsp3) is 0.562. The molecule has 1 saturated heterocycles. The molecule has 20 heavy (non-hydrogen) atoms. The summed E-state index contributed by atoms with van der Waals surface area (Å²) in [6, 6.07) is 5.34. The van der Waals surface area contributed by atoms with Crippen LogP contribution in [-0.4, -0.2) is 30.1 Å². The number of aromatic hydroxyl groups is 1. The highest BCUT2D eigenvalue weighted by molar-refractivity contribution is 5.97. The Labute approximate surface area is 120 Å². The van der Waals surface area contributed by atoms with E-state index in [0.29, 0.717) is 12.1 Å². The third kappa shape index (κ3) is 3.31. The van der Waals surface area contributed by atoms with E-state index < -0.39 is 0 Å². The molecule has 1 atom stereocenters. The van der Waals surface area contributed by atoms with Gasteiger partial charge in [-0.2, -0.15) is 0 Å². The maximum atomic E-state index is 12.2. The highest BCUT2D eigenvalue weighted by Crippen LogP contribution is 2.29. The first-order chi connectivity index (χ1) is 9.40. The molecule has 0 radical (unpaired) electrons. The van der Waals surface area contributed by atoms with Crippen molar-refractivity contribution in [1.82, 2.24) is 10.6 Å². The first-order valence-electron chi connectivity index (χ1n) is 7.21. The predicted octanol–water partition coefficient (Wildman–Crippen LogP) is 2.21. The number of carbonyl (C=O) groups excluding carboxylic acids is 1. The molecule has 1 aromatic rings. The Morgan fingerprint density at radius 1 is 1.50 bits per heavy atom. The molecule has 110 valence electrons. The fourth-order valence-electron chi connectivity index (χ4n) is 2.74. The number of phenolic OH excluding ortho intramolecular Hbond substituents is 1. The maximum absolute atomic E-state index is 12.2. The predicted molar refractivity (Wildman–Crippen MR) is 80.0 cm³/mol. The van der Waals surface area contributed by atoms with Crippen molar-refractivity contribution in [2.24, 2.45) is 5.41 Å². The number of rotatable bonds is 3. The molecule has 0 aromatic heterocycles. The molecule has 0 aliphatic carbocycles. The van der Waals surface area contributed by atoms with Crippen LogP contribution in [0.2, 0.25) is 0 Å². The first kappa shape index (κ1) is 14.9. The normalized spacial score (nSPS) is 21.4. The minimum atomic E-state index is -0.214. The summed E-state index contributed by atoms with van der Waals surface area (Å²) in [5.41, 5.74) is 1.49. The zero-order valence-corrected chi connectivity index (χ0v) is 12.5. The van der Waals surface area contributed by atoms with E-state index in [1.807, 2.05) is 6.92 Å². The molecule has 1 heterocycles. The van der Waals surface area contributed by atoms with E-state index in [2.05, 4.69) is 24.5 Å². The van der Waals surface area contributed by atoms with Gasteiger partial charge < -0.3 is 15.7 Å². The van der Waals surface area contributed by atoms with Crippen LogP contribution in [0.3, 0.4) is 0 Å². The lowest BCUT2D eigenvalue weighted by molar-refractivity contribution is 0.0926. The van der Waals surface area contributed by atoms with Gasteiger partial charge in [-0.1, -0.05) is 25.5 Å². The molecule has 1 aliphatic heterocycles. The Morgan fingerprint density at radius 3 is 2.95 bits per heavy atom. The number of nitrogens with one attached hydrogen (secondary N) is 2. The van der Waals surface area contributed by atoms with Gasteiger partial charge in [0.15, 0.2) is 0 Å². The second-order valence-corrected chi connectivity index (χ2v) is 6.33. The first-order valence-corrected chi connectivity index (χ1v) is 7.21. The molecule has 1 aromatic carbocycles. The molecule has 1 amide bonds. The van der Waals surface area contributed by atoms with Gasteiger partial charge in [0.2, 0.25) is 0 Å². The smallest absolute Gasteiger partial charge is 0.255 e. The van der Waals surface area contributed by atoms with E-state index >= 15 is 0 Å². The van der Waals surface area contributed by atoms with Gasteiger partial charge in [-0.3, -0.25) is 4.79 Å². The number of carbonyl (C=O) groups is 1. The van der Waals surface area contributed by atoms with E-state index in [4.69, 9.17) is 0 Å². The van der Waals surface area contributed by atoms with Crippen molar-refractivity contribution < 1.29 is 9.90 Å². The molecular weight excluding hydrogens is 252 g/mol. The van der Waals surface area contributed by atoms with Crippen LogP contribution in [0, 0.1) is 12.3 Å². The van der Waals surface area contributed by atoms with Gasteiger partial charge in [0.05, 0.1) is 5.56 Å². The van der Waals surface area contributed by atoms with Crippen LogP contribution in [0.5, 0.6) is 5.75 Å². The molecule has 0 bridgehead atoms. The van der Waals surface area contributed by atoms with Crippen molar-refractivity contribution in [3.8, 4) is 5.75 Å². The van der Waals surface area contributed by atoms with Crippen LogP contribution in [0.25, 0.3) is 0 Å². The Hall–Kier alpha value is -1.55. The number of aryl methyl sites for hydroxylation is 1. The number of benzene rings is 1.